The number of amides is 2. The Balaban J connectivity index is 1.82. The number of likely N-dealkylation sites (N-methyl/N-ethyl adjacent to an activating group) is 2. The molecule has 6 heteroatoms. The van der Waals surface area contributed by atoms with Crippen molar-refractivity contribution in [2.45, 2.75) is 46.5 Å². The van der Waals surface area contributed by atoms with E-state index in [1.807, 2.05) is 74.6 Å². The molecule has 1 heterocycles. The summed E-state index contributed by atoms with van der Waals surface area (Å²) in [7, 11) is 0. The highest BCUT2D eigenvalue weighted by atomic mass is 32.1. The lowest BCUT2D eigenvalue weighted by Crippen LogP contribution is -2.55. The summed E-state index contributed by atoms with van der Waals surface area (Å²) in [4.78, 5) is 28.0. The molecule has 0 N–H and O–H groups in total. The zero-order valence-electron chi connectivity index (χ0n) is 21.0. The molecule has 0 aromatic heterocycles. The van der Waals surface area contributed by atoms with Crippen LogP contribution in [0.25, 0.3) is 6.08 Å². The van der Waals surface area contributed by atoms with Crippen LogP contribution in [0, 0.1) is 0 Å². The molecule has 0 spiro atoms. The first-order valence-corrected chi connectivity index (χ1v) is 12.7. The normalized spacial score (nSPS) is 15.1. The van der Waals surface area contributed by atoms with Gasteiger partial charge in [-0.25, -0.2) is 0 Å². The molecule has 1 saturated heterocycles. The van der Waals surface area contributed by atoms with E-state index in [2.05, 4.69) is 6.92 Å². The molecule has 2 amide bonds. The van der Waals surface area contributed by atoms with E-state index in [4.69, 9.17) is 17.0 Å². The van der Waals surface area contributed by atoms with Crippen molar-refractivity contribution < 1.29 is 14.3 Å². The molecule has 1 aromatic carbocycles. The highest BCUT2D eigenvalue weighted by Gasteiger charge is 2.37. The molecule has 35 heavy (non-hydrogen) atoms. The molecule has 1 aliphatic rings. The van der Waals surface area contributed by atoms with E-state index in [0.29, 0.717) is 13.1 Å². The minimum absolute atomic E-state index is 0.123. The Hall–Kier alpha value is -3.25. The van der Waals surface area contributed by atoms with E-state index in [9.17, 15) is 9.59 Å². The van der Waals surface area contributed by atoms with Crippen LogP contribution in [0.2, 0.25) is 0 Å². The molecule has 0 saturated carbocycles. The molecule has 0 atom stereocenters. The van der Waals surface area contributed by atoms with Crippen LogP contribution in [-0.2, 0) is 9.59 Å². The summed E-state index contributed by atoms with van der Waals surface area (Å²) < 4.78 is 5.77. The largest absolute Gasteiger partial charge is 0.494 e. The number of rotatable bonds is 13. The molecule has 5 nitrogen and oxygen atoms in total. The second-order valence-electron chi connectivity index (χ2n) is 7.95. The molecule has 0 aliphatic carbocycles. The second kappa shape index (κ2) is 15.6. The molecular weight excluding hydrogens is 456 g/mol. The smallest absolute Gasteiger partial charge is 0.265 e. The van der Waals surface area contributed by atoms with E-state index in [1.54, 1.807) is 18.2 Å². The molecular formula is C29H36N2O3S. The van der Waals surface area contributed by atoms with Gasteiger partial charge in [0.1, 0.15) is 11.3 Å². The number of hydrogen-bond acceptors (Lipinski definition) is 4. The first-order chi connectivity index (χ1) is 17.0. The predicted molar refractivity (Wildman–Crippen MR) is 148 cm³/mol. The third kappa shape index (κ3) is 8.80. The van der Waals surface area contributed by atoms with Crippen LogP contribution in [0.5, 0.6) is 5.75 Å². The second-order valence-corrected chi connectivity index (χ2v) is 8.32. The number of carbonyl (C=O) groups excluding carboxylic acids is 2. The minimum atomic E-state index is -0.350. The average Bonchev–Trinajstić information content (AvgIpc) is 2.86. The Bertz CT molecular complexity index is 975. The maximum atomic E-state index is 12.5. The number of hydrogen-bond donors (Lipinski definition) is 0. The predicted octanol–water partition coefficient (Wildman–Crippen LogP) is 6.25. The highest BCUT2D eigenvalue weighted by Crippen LogP contribution is 2.17. The van der Waals surface area contributed by atoms with Crippen molar-refractivity contribution in [3.63, 3.8) is 0 Å². The van der Waals surface area contributed by atoms with Gasteiger partial charge in [0.05, 0.1) is 6.61 Å². The number of allylic oxidation sites excluding steroid dienone is 8. The van der Waals surface area contributed by atoms with Crippen LogP contribution in [0.1, 0.15) is 52.0 Å². The fourth-order valence-electron chi connectivity index (χ4n) is 3.44. The van der Waals surface area contributed by atoms with Crippen molar-refractivity contribution in [3.05, 3.63) is 84.0 Å². The molecule has 1 fully saturated rings. The number of carbonyl (C=O) groups is 2. The van der Waals surface area contributed by atoms with Gasteiger partial charge in [0.15, 0.2) is 5.11 Å². The first kappa shape index (κ1) is 28.0. The SMILES string of the molecule is CCCCCCOc1ccc(/C=C/C=C/C=C/C=C/C=C2C(=O)N(CC)C(=S)N(CC)C2=O)cc1. The van der Waals surface area contributed by atoms with Crippen LogP contribution < -0.4 is 4.74 Å². The molecule has 2 rings (SSSR count). The number of thiocarbonyl (C=S) groups is 1. The third-order valence-corrected chi connectivity index (χ3v) is 5.85. The van der Waals surface area contributed by atoms with Crippen molar-refractivity contribution in [2.75, 3.05) is 19.7 Å². The molecule has 1 aliphatic heterocycles. The van der Waals surface area contributed by atoms with E-state index < -0.39 is 0 Å². The minimum Gasteiger partial charge on any atom is -0.494 e. The Morgan fingerprint density at radius 3 is 1.91 bits per heavy atom. The summed E-state index contributed by atoms with van der Waals surface area (Å²) in [6.45, 7) is 7.51. The summed E-state index contributed by atoms with van der Waals surface area (Å²) in [5.41, 5.74) is 1.23. The van der Waals surface area contributed by atoms with Gasteiger partial charge < -0.3 is 4.74 Å². The van der Waals surface area contributed by atoms with Gasteiger partial charge in [0.2, 0.25) is 0 Å². The Labute approximate surface area is 215 Å². The van der Waals surface area contributed by atoms with Crippen molar-refractivity contribution in [1.29, 1.82) is 0 Å². The van der Waals surface area contributed by atoms with Gasteiger partial charge in [-0.05, 0) is 56.3 Å². The van der Waals surface area contributed by atoms with Crippen LogP contribution in [0.4, 0.5) is 0 Å². The van der Waals surface area contributed by atoms with Crippen LogP contribution in [-0.4, -0.2) is 46.4 Å². The number of benzene rings is 1. The Morgan fingerprint density at radius 2 is 1.34 bits per heavy atom. The lowest BCUT2D eigenvalue weighted by atomic mass is 10.1. The van der Waals surface area contributed by atoms with E-state index in [-0.39, 0.29) is 22.5 Å². The molecule has 0 unspecified atom stereocenters. The molecule has 1 aromatic rings. The standard InChI is InChI=1S/C29H36N2O3S/c1-4-7-8-16-23-34-25-21-19-24(20-22-25)17-14-12-10-9-11-13-15-18-26-27(32)30(5-2)29(35)31(6-3)28(26)33/h9-15,17-22H,4-8,16,23H2,1-3H3/b11-9+,12-10+,15-13+,17-14+. The summed E-state index contributed by atoms with van der Waals surface area (Å²) in [5, 5.41) is 0.270. The van der Waals surface area contributed by atoms with Crippen molar-refractivity contribution in [1.82, 2.24) is 9.80 Å². The van der Waals surface area contributed by atoms with E-state index >= 15 is 0 Å². The van der Waals surface area contributed by atoms with Gasteiger partial charge in [-0.1, -0.05) is 86.9 Å². The third-order valence-electron chi connectivity index (χ3n) is 5.41. The van der Waals surface area contributed by atoms with Gasteiger partial charge in [-0.2, -0.15) is 0 Å². The van der Waals surface area contributed by atoms with Crippen molar-refractivity contribution >= 4 is 35.2 Å². The maximum absolute atomic E-state index is 12.5. The highest BCUT2D eigenvalue weighted by molar-refractivity contribution is 7.80. The van der Waals surface area contributed by atoms with E-state index in [1.165, 1.54) is 29.1 Å². The van der Waals surface area contributed by atoms with Gasteiger partial charge >= 0.3 is 0 Å². The summed E-state index contributed by atoms with van der Waals surface area (Å²) in [6, 6.07) is 8.07. The lowest BCUT2D eigenvalue weighted by Gasteiger charge is -2.35. The number of unbranched alkanes of at least 4 members (excludes halogenated alkanes) is 3. The zero-order valence-corrected chi connectivity index (χ0v) is 21.8. The van der Waals surface area contributed by atoms with Gasteiger partial charge in [-0.15, -0.1) is 0 Å². The summed E-state index contributed by atoms with van der Waals surface area (Å²) in [6.07, 6.45) is 21.4. The van der Waals surface area contributed by atoms with Crippen molar-refractivity contribution in [2.24, 2.45) is 0 Å². The molecule has 0 bridgehead atoms. The van der Waals surface area contributed by atoms with Crippen molar-refractivity contribution in [3.8, 4) is 5.75 Å². The number of nitrogens with zero attached hydrogens (tertiary/aromatic N) is 2. The lowest BCUT2D eigenvalue weighted by molar-refractivity contribution is -0.133. The molecule has 0 radical (unpaired) electrons. The quantitative estimate of drug-likeness (QED) is 0.107. The average molecular weight is 493 g/mol. The van der Waals surface area contributed by atoms with Gasteiger partial charge in [0, 0.05) is 13.1 Å². The first-order valence-electron chi connectivity index (χ1n) is 12.3. The van der Waals surface area contributed by atoms with Crippen LogP contribution in [0.3, 0.4) is 0 Å². The Kier molecular flexibility index (Phi) is 12.5. The maximum Gasteiger partial charge on any atom is 0.265 e. The fourth-order valence-corrected chi connectivity index (χ4v) is 3.86. The summed E-state index contributed by atoms with van der Waals surface area (Å²) in [5.74, 6) is 0.206. The van der Waals surface area contributed by atoms with Gasteiger partial charge in [0.25, 0.3) is 11.8 Å². The van der Waals surface area contributed by atoms with Crippen LogP contribution >= 0.6 is 12.2 Å². The van der Waals surface area contributed by atoms with Crippen LogP contribution in [0.15, 0.2) is 78.4 Å². The fraction of sp³-hybridized carbons (Fsp3) is 0.345. The van der Waals surface area contributed by atoms with Gasteiger partial charge in [-0.3, -0.25) is 19.4 Å². The summed E-state index contributed by atoms with van der Waals surface area (Å²) >= 11 is 5.26. The molecule has 186 valence electrons. The zero-order chi connectivity index (χ0) is 25.5. The topological polar surface area (TPSA) is 49.9 Å². The Morgan fingerprint density at radius 1 is 0.771 bits per heavy atom. The monoisotopic (exact) mass is 492 g/mol. The van der Waals surface area contributed by atoms with E-state index in [0.717, 1.165) is 24.3 Å². The number of ether oxygens (including phenoxy) is 1.